The first-order valence-electron chi connectivity index (χ1n) is 10.2. The van der Waals surface area contributed by atoms with Gasteiger partial charge in [-0.3, -0.25) is 9.59 Å². The first-order valence-corrected chi connectivity index (χ1v) is 10.2. The molecule has 0 spiro atoms. The summed E-state index contributed by atoms with van der Waals surface area (Å²) in [4.78, 5) is 26.2. The lowest BCUT2D eigenvalue weighted by molar-refractivity contribution is -0.123. The van der Waals surface area contributed by atoms with Crippen LogP contribution in [0.1, 0.15) is 28.9 Å². The molecule has 7 nitrogen and oxygen atoms in total. The number of halogens is 2. The van der Waals surface area contributed by atoms with Crippen molar-refractivity contribution < 1.29 is 23.1 Å². The van der Waals surface area contributed by atoms with Crippen molar-refractivity contribution in [1.82, 2.24) is 14.7 Å². The van der Waals surface area contributed by atoms with Crippen LogP contribution >= 0.6 is 0 Å². The Hall–Kier alpha value is -3.75. The van der Waals surface area contributed by atoms with E-state index in [9.17, 15) is 18.4 Å². The maximum atomic E-state index is 13.3. The zero-order chi connectivity index (χ0) is 22.7. The number of primary amides is 1. The molecule has 2 heterocycles. The van der Waals surface area contributed by atoms with E-state index < -0.39 is 0 Å². The molecule has 2 aromatic carbocycles. The molecular formula is C23H22F2N4O3. The standard InChI is InChI=1S/C23H22F2N4O3/c24-17-3-1-15(2-4-17)14-32-20-13-29(19-7-5-18(25)6-8-19)27-21(20)23(31)28-11-9-16(10-12-28)22(26)30/h1-8,13,16H,9-12,14H2,(H2,26,30). The zero-order valence-electron chi connectivity index (χ0n) is 17.2. The number of rotatable bonds is 6. The molecule has 9 heteroatoms. The van der Waals surface area contributed by atoms with Gasteiger partial charge >= 0.3 is 0 Å². The maximum absolute atomic E-state index is 13.3. The van der Waals surface area contributed by atoms with Crippen molar-refractivity contribution in [3.63, 3.8) is 0 Å². The highest BCUT2D eigenvalue weighted by molar-refractivity contribution is 5.95. The Labute approximate surface area is 183 Å². The summed E-state index contributed by atoms with van der Waals surface area (Å²) in [5.41, 5.74) is 6.77. The molecule has 0 unspecified atom stereocenters. The molecule has 0 bridgehead atoms. The second-order valence-electron chi connectivity index (χ2n) is 7.65. The molecule has 32 heavy (non-hydrogen) atoms. The number of hydrogen-bond donors (Lipinski definition) is 1. The Bertz CT molecular complexity index is 1110. The molecule has 4 rings (SSSR count). The molecule has 1 aliphatic rings. The van der Waals surface area contributed by atoms with E-state index in [0.717, 1.165) is 5.56 Å². The van der Waals surface area contributed by atoms with Crippen LogP contribution in [0.3, 0.4) is 0 Å². The van der Waals surface area contributed by atoms with Gasteiger partial charge in [-0.25, -0.2) is 13.5 Å². The molecule has 3 aromatic rings. The minimum absolute atomic E-state index is 0.106. The summed E-state index contributed by atoms with van der Waals surface area (Å²) >= 11 is 0. The van der Waals surface area contributed by atoms with Gasteiger partial charge in [-0.05, 0) is 54.8 Å². The van der Waals surface area contributed by atoms with Crippen LogP contribution in [-0.2, 0) is 11.4 Å². The van der Waals surface area contributed by atoms with Gasteiger partial charge in [-0.2, -0.15) is 5.10 Å². The zero-order valence-corrected chi connectivity index (χ0v) is 17.2. The minimum Gasteiger partial charge on any atom is -0.485 e. The molecule has 0 radical (unpaired) electrons. The van der Waals surface area contributed by atoms with Gasteiger partial charge in [0.2, 0.25) is 5.91 Å². The lowest BCUT2D eigenvalue weighted by Gasteiger charge is -2.30. The number of likely N-dealkylation sites (tertiary alicyclic amines) is 1. The predicted molar refractivity (Wildman–Crippen MR) is 112 cm³/mol. The molecule has 166 valence electrons. The molecule has 2 amide bonds. The molecular weight excluding hydrogens is 418 g/mol. The summed E-state index contributed by atoms with van der Waals surface area (Å²) < 4.78 is 33.8. The van der Waals surface area contributed by atoms with Crippen LogP contribution in [0, 0.1) is 17.6 Å². The number of nitrogens with two attached hydrogens (primary N) is 1. The quantitative estimate of drug-likeness (QED) is 0.638. The second-order valence-corrected chi connectivity index (χ2v) is 7.65. The third-order valence-electron chi connectivity index (χ3n) is 5.47. The summed E-state index contributed by atoms with van der Waals surface area (Å²) in [6.45, 7) is 0.875. The van der Waals surface area contributed by atoms with Crippen LogP contribution in [0.5, 0.6) is 5.75 Å². The van der Waals surface area contributed by atoms with Gasteiger partial charge in [-0.15, -0.1) is 0 Å². The summed E-state index contributed by atoms with van der Waals surface area (Å²) in [5, 5.41) is 4.39. The summed E-state index contributed by atoms with van der Waals surface area (Å²) in [5.74, 6) is -1.43. The first kappa shape index (κ1) is 21.5. The number of piperidine rings is 1. The van der Waals surface area contributed by atoms with Crippen molar-refractivity contribution in [2.45, 2.75) is 19.4 Å². The van der Waals surface area contributed by atoms with Crippen molar-refractivity contribution in [1.29, 1.82) is 0 Å². The average molecular weight is 440 g/mol. The van der Waals surface area contributed by atoms with E-state index in [0.29, 0.717) is 31.6 Å². The molecule has 1 aliphatic heterocycles. The third kappa shape index (κ3) is 4.77. The molecule has 0 atom stereocenters. The van der Waals surface area contributed by atoms with E-state index in [1.807, 2.05) is 0 Å². The average Bonchev–Trinajstić information content (AvgIpc) is 3.23. The number of benzene rings is 2. The Balaban J connectivity index is 1.58. The number of ether oxygens (including phenoxy) is 1. The smallest absolute Gasteiger partial charge is 0.278 e. The van der Waals surface area contributed by atoms with Crippen molar-refractivity contribution in [3.8, 4) is 11.4 Å². The van der Waals surface area contributed by atoms with Crippen molar-refractivity contribution >= 4 is 11.8 Å². The predicted octanol–water partition coefficient (Wildman–Crippen LogP) is 3.07. The van der Waals surface area contributed by atoms with E-state index in [1.165, 1.54) is 28.9 Å². The molecule has 1 fully saturated rings. The number of hydrogen-bond acceptors (Lipinski definition) is 4. The highest BCUT2D eigenvalue weighted by Crippen LogP contribution is 2.25. The summed E-state index contributed by atoms with van der Waals surface area (Å²) in [7, 11) is 0. The SMILES string of the molecule is NC(=O)C1CCN(C(=O)c2nn(-c3ccc(F)cc3)cc2OCc2ccc(F)cc2)CC1. The molecule has 0 saturated carbocycles. The van der Waals surface area contributed by atoms with Gasteiger partial charge in [0.1, 0.15) is 18.2 Å². The van der Waals surface area contributed by atoms with Gasteiger partial charge in [0.15, 0.2) is 11.4 Å². The number of carbonyl (C=O) groups is 2. The highest BCUT2D eigenvalue weighted by Gasteiger charge is 2.30. The Morgan fingerprint density at radius 2 is 1.59 bits per heavy atom. The summed E-state index contributed by atoms with van der Waals surface area (Å²) in [6.07, 6.45) is 2.54. The number of amides is 2. The van der Waals surface area contributed by atoms with Crippen LogP contribution in [0.25, 0.3) is 5.69 Å². The normalized spacial score (nSPS) is 14.4. The Morgan fingerprint density at radius 1 is 1.00 bits per heavy atom. The highest BCUT2D eigenvalue weighted by atomic mass is 19.1. The minimum atomic E-state index is -0.387. The van der Waals surface area contributed by atoms with Crippen molar-refractivity contribution in [3.05, 3.63) is 77.6 Å². The maximum Gasteiger partial charge on any atom is 0.278 e. The monoisotopic (exact) mass is 440 g/mol. The van der Waals surface area contributed by atoms with E-state index in [2.05, 4.69) is 5.10 Å². The van der Waals surface area contributed by atoms with E-state index in [1.54, 1.807) is 35.4 Å². The van der Waals surface area contributed by atoms with Gasteiger partial charge in [-0.1, -0.05) is 12.1 Å². The molecule has 2 N–H and O–H groups in total. The van der Waals surface area contributed by atoms with E-state index in [-0.39, 0.29) is 47.4 Å². The van der Waals surface area contributed by atoms with Crippen LogP contribution < -0.4 is 10.5 Å². The van der Waals surface area contributed by atoms with Crippen LogP contribution in [0.15, 0.2) is 54.7 Å². The second kappa shape index (κ2) is 9.17. The fourth-order valence-corrected chi connectivity index (χ4v) is 3.60. The first-order chi connectivity index (χ1) is 15.4. The fraction of sp³-hybridized carbons (Fsp3) is 0.261. The largest absolute Gasteiger partial charge is 0.485 e. The van der Waals surface area contributed by atoms with Crippen LogP contribution in [-0.4, -0.2) is 39.6 Å². The van der Waals surface area contributed by atoms with Gasteiger partial charge in [0.25, 0.3) is 5.91 Å². The van der Waals surface area contributed by atoms with Gasteiger partial charge in [0.05, 0.1) is 11.9 Å². The number of carbonyl (C=O) groups excluding carboxylic acids is 2. The van der Waals surface area contributed by atoms with Crippen LogP contribution in [0.4, 0.5) is 8.78 Å². The summed E-state index contributed by atoms with van der Waals surface area (Å²) in [6, 6.07) is 11.5. The Morgan fingerprint density at radius 3 is 2.19 bits per heavy atom. The van der Waals surface area contributed by atoms with Gasteiger partial charge < -0.3 is 15.4 Å². The third-order valence-corrected chi connectivity index (χ3v) is 5.47. The lowest BCUT2D eigenvalue weighted by atomic mass is 9.96. The molecule has 1 aromatic heterocycles. The van der Waals surface area contributed by atoms with Crippen LogP contribution in [0.2, 0.25) is 0 Å². The van der Waals surface area contributed by atoms with E-state index in [4.69, 9.17) is 10.5 Å². The number of nitrogens with zero attached hydrogens (tertiary/aromatic N) is 3. The van der Waals surface area contributed by atoms with E-state index >= 15 is 0 Å². The topological polar surface area (TPSA) is 90.5 Å². The molecule has 1 saturated heterocycles. The van der Waals surface area contributed by atoms with Crippen molar-refractivity contribution in [2.24, 2.45) is 11.7 Å². The number of aromatic nitrogens is 2. The lowest BCUT2D eigenvalue weighted by Crippen LogP contribution is -2.42. The van der Waals surface area contributed by atoms with Crippen molar-refractivity contribution in [2.75, 3.05) is 13.1 Å². The molecule has 0 aliphatic carbocycles. The fourth-order valence-electron chi connectivity index (χ4n) is 3.60. The van der Waals surface area contributed by atoms with Gasteiger partial charge in [0, 0.05) is 19.0 Å². The Kier molecular flexibility index (Phi) is 6.16.